The minimum absolute atomic E-state index is 0.605. The zero-order chi connectivity index (χ0) is 16.1. The molecule has 1 N–H and O–H groups in total. The van der Waals surface area contributed by atoms with E-state index >= 15 is 0 Å². The van der Waals surface area contributed by atoms with Gasteiger partial charge in [0.1, 0.15) is 0 Å². The molecule has 0 bridgehead atoms. The van der Waals surface area contributed by atoms with E-state index < -0.39 is 15.9 Å². The van der Waals surface area contributed by atoms with Crippen LogP contribution in [-0.4, -0.2) is 28.1 Å². The molecule has 20 heavy (non-hydrogen) atoms. The Hall–Kier alpha value is 0.134. The van der Waals surface area contributed by atoms with E-state index in [2.05, 4.69) is 80.3 Å². The number of hydrogen-bond donors (Lipinski definition) is 1. The van der Waals surface area contributed by atoms with Gasteiger partial charge in [-0.1, -0.05) is 77.6 Å². The lowest BCUT2D eigenvalue weighted by Crippen LogP contribution is -2.61. The second-order valence-electron chi connectivity index (χ2n) is 7.88. The first-order valence-electron chi connectivity index (χ1n) is 8.45. The molecule has 0 aliphatic heterocycles. The maximum Gasteiger partial charge on any atom is 0.0716 e. The van der Waals surface area contributed by atoms with E-state index in [4.69, 9.17) is 0 Å². The van der Waals surface area contributed by atoms with Gasteiger partial charge in [0.15, 0.2) is 0 Å². The zero-order valence-electron chi connectivity index (χ0n) is 15.7. The third-order valence-corrected chi connectivity index (χ3v) is 24.9. The van der Waals surface area contributed by atoms with Gasteiger partial charge in [-0.05, 0) is 20.0 Å². The summed E-state index contributed by atoms with van der Waals surface area (Å²) in [6, 6.07) is 0.605. The van der Waals surface area contributed by atoms with Gasteiger partial charge in [-0.25, -0.2) is 0 Å². The number of rotatable bonds is 8. The van der Waals surface area contributed by atoms with Crippen LogP contribution in [0.15, 0.2) is 11.3 Å². The van der Waals surface area contributed by atoms with Crippen LogP contribution in [0, 0.1) is 0 Å². The zero-order valence-corrected chi connectivity index (χ0v) is 17.8. The van der Waals surface area contributed by atoms with Crippen molar-refractivity contribution in [2.24, 2.45) is 0 Å². The molecule has 0 saturated carbocycles. The van der Waals surface area contributed by atoms with Gasteiger partial charge in [0.05, 0.1) is 15.9 Å². The van der Waals surface area contributed by atoms with Crippen molar-refractivity contribution in [3.05, 3.63) is 11.3 Å². The maximum atomic E-state index is 3.77. The molecule has 120 valence electrons. The van der Waals surface area contributed by atoms with E-state index in [1.54, 1.807) is 0 Å². The van der Waals surface area contributed by atoms with Crippen LogP contribution in [0.5, 0.6) is 0 Å². The summed E-state index contributed by atoms with van der Waals surface area (Å²) in [6.45, 7) is 24.1. The quantitative estimate of drug-likeness (QED) is 0.621. The summed E-state index contributed by atoms with van der Waals surface area (Å²) in [6.07, 6.45) is 1.28. The Morgan fingerprint density at radius 2 is 1.30 bits per heavy atom. The molecule has 0 heterocycles. The SMILES string of the molecule is CC(C)=C[SiH](CNC(C)C)[Si](C(C)C)(C(C)C)C(C)C. The van der Waals surface area contributed by atoms with Gasteiger partial charge in [-0.15, -0.1) is 5.70 Å². The van der Waals surface area contributed by atoms with Crippen LogP contribution in [0.3, 0.4) is 0 Å². The molecule has 0 fully saturated rings. The summed E-state index contributed by atoms with van der Waals surface area (Å²) in [5.74, 6) is 0. The molecule has 1 atom stereocenters. The van der Waals surface area contributed by atoms with Gasteiger partial charge >= 0.3 is 0 Å². The van der Waals surface area contributed by atoms with E-state index in [1.807, 2.05) is 0 Å². The molecular weight excluding hydrogens is 274 g/mol. The van der Waals surface area contributed by atoms with Crippen LogP contribution >= 0.6 is 0 Å². The maximum absolute atomic E-state index is 3.77. The lowest BCUT2D eigenvalue weighted by Gasteiger charge is -2.48. The normalized spacial score (nSPS) is 14.5. The van der Waals surface area contributed by atoms with Crippen LogP contribution in [0.1, 0.15) is 69.2 Å². The van der Waals surface area contributed by atoms with Crippen molar-refractivity contribution in [1.82, 2.24) is 5.32 Å². The van der Waals surface area contributed by atoms with Crippen molar-refractivity contribution in [1.29, 1.82) is 0 Å². The van der Waals surface area contributed by atoms with Crippen LogP contribution in [0.25, 0.3) is 0 Å². The van der Waals surface area contributed by atoms with Crippen molar-refractivity contribution in [2.45, 2.75) is 91.9 Å². The summed E-state index contributed by atoms with van der Waals surface area (Å²) in [4.78, 5) is 0. The second-order valence-corrected chi connectivity index (χ2v) is 20.5. The summed E-state index contributed by atoms with van der Waals surface area (Å²) in [5, 5.41) is 3.77. The van der Waals surface area contributed by atoms with Crippen molar-refractivity contribution in [3.8, 4) is 0 Å². The molecule has 1 unspecified atom stereocenters. The molecule has 0 spiro atoms. The first-order valence-corrected chi connectivity index (χ1v) is 14.0. The molecule has 0 aromatic heterocycles. The van der Waals surface area contributed by atoms with Gasteiger partial charge in [-0.2, -0.15) is 0 Å². The largest absolute Gasteiger partial charge is 0.317 e. The van der Waals surface area contributed by atoms with Crippen LogP contribution in [-0.2, 0) is 0 Å². The fourth-order valence-corrected chi connectivity index (χ4v) is 24.3. The van der Waals surface area contributed by atoms with Crippen molar-refractivity contribution < 1.29 is 0 Å². The number of hydrogen-bond acceptors (Lipinski definition) is 1. The molecule has 1 nitrogen and oxygen atoms in total. The lowest BCUT2D eigenvalue weighted by molar-refractivity contribution is 0.647. The third kappa shape index (κ3) is 4.85. The third-order valence-electron chi connectivity index (χ3n) is 4.92. The van der Waals surface area contributed by atoms with Crippen molar-refractivity contribution in [3.63, 3.8) is 0 Å². The van der Waals surface area contributed by atoms with Crippen LogP contribution in [0.2, 0.25) is 16.6 Å². The minimum Gasteiger partial charge on any atom is -0.317 e. The van der Waals surface area contributed by atoms with Crippen molar-refractivity contribution in [2.75, 3.05) is 6.17 Å². The molecule has 0 aliphatic carbocycles. The summed E-state index contributed by atoms with van der Waals surface area (Å²) >= 11 is 0. The predicted octanol–water partition coefficient (Wildman–Crippen LogP) is 5.01. The molecule has 3 heteroatoms. The fourth-order valence-electron chi connectivity index (χ4n) is 4.43. The molecular formula is C17H39NSi2. The van der Waals surface area contributed by atoms with Gasteiger partial charge in [0.2, 0.25) is 0 Å². The Morgan fingerprint density at radius 3 is 1.55 bits per heavy atom. The van der Waals surface area contributed by atoms with Crippen LogP contribution < -0.4 is 5.32 Å². The smallest absolute Gasteiger partial charge is 0.0716 e. The Kier molecular flexibility index (Phi) is 8.60. The minimum atomic E-state index is -1.29. The number of allylic oxidation sites excluding steroid dienone is 1. The summed E-state index contributed by atoms with van der Waals surface area (Å²) < 4.78 is 0. The average molecular weight is 314 g/mol. The molecule has 0 aromatic rings. The second kappa shape index (κ2) is 8.55. The molecule has 0 amide bonds. The summed E-state index contributed by atoms with van der Waals surface area (Å²) in [7, 11) is -2.19. The molecule has 0 aliphatic rings. The van der Waals surface area contributed by atoms with E-state index in [0.29, 0.717) is 6.04 Å². The molecule has 0 saturated heterocycles. The lowest BCUT2D eigenvalue weighted by atomic mass is 10.4. The van der Waals surface area contributed by atoms with Gasteiger partial charge in [-0.3, -0.25) is 0 Å². The Morgan fingerprint density at radius 1 is 0.900 bits per heavy atom. The number of nitrogens with one attached hydrogen (secondary N) is 1. The van der Waals surface area contributed by atoms with E-state index in [0.717, 1.165) is 16.6 Å². The van der Waals surface area contributed by atoms with Crippen molar-refractivity contribution >= 4 is 15.9 Å². The van der Waals surface area contributed by atoms with Gasteiger partial charge in [0.25, 0.3) is 0 Å². The Balaban J connectivity index is 5.67. The molecule has 0 aromatic carbocycles. The molecule has 0 rings (SSSR count). The Bertz CT molecular complexity index is 280. The monoisotopic (exact) mass is 313 g/mol. The first kappa shape index (κ1) is 20.1. The van der Waals surface area contributed by atoms with Gasteiger partial charge in [0, 0.05) is 6.04 Å². The molecule has 0 radical (unpaired) electrons. The highest BCUT2D eigenvalue weighted by Gasteiger charge is 2.48. The van der Waals surface area contributed by atoms with Crippen LogP contribution in [0.4, 0.5) is 0 Å². The predicted molar refractivity (Wildman–Crippen MR) is 101 cm³/mol. The van der Waals surface area contributed by atoms with Gasteiger partial charge < -0.3 is 5.32 Å². The first-order chi connectivity index (χ1) is 9.06. The summed E-state index contributed by atoms with van der Waals surface area (Å²) in [5.41, 5.74) is 6.88. The highest BCUT2D eigenvalue weighted by atomic mass is 29.2. The Labute approximate surface area is 131 Å². The highest BCUT2D eigenvalue weighted by molar-refractivity contribution is 7.36. The van der Waals surface area contributed by atoms with E-state index in [9.17, 15) is 0 Å². The highest BCUT2D eigenvalue weighted by Crippen LogP contribution is 2.43. The standard InChI is InChI=1S/C17H39NSi2/c1-13(2)11-19(12-18-14(3)4)20(15(5)6,16(7)8)17(9)10/h11,14-19H,12H2,1-10H3. The fraction of sp³-hybridized carbons (Fsp3) is 0.882. The van der Waals surface area contributed by atoms with E-state index in [-0.39, 0.29) is 0 Å². The topological polar surface area (TPSA) is 12.0 Å². The average Bonchev–Trinajstić information content (AvgIpc) is 2.23. The van der Waals surface area contributed by atoms with E-state index in [1.165, 1.54) is 11.7 Å².